The number of nitrogen functional groups attached to an aromatic ring is 1. The largest absolute Gasteiger partial charge is 0.481 e. The van der Waals surface area contributed by atoms with Crippen LogP contribution >= 0.6 is 11.6 Å². The number of rotatable bonds is 4. The summed E-state index contributed by atoms with van der Waals surface area (Å²) in [5.41, 5.74) is 6.30. The molecule has 2 rings (SSSR count). The molecule has 1 aromatic heterocycles. The lowest BCUT2D eigenvalue weighted by atomic mass is 10.3. The van der Waals surface area contributed by atoms with Gasteiger partial charge in [0.05, 0.1) is 12.8 Å². The fourth-order valence-electron chi connectivity index (χ4n) is 1.61. The zero-order valence-corrected chi connectivity index (χ0v) is 12.9. The zero-order valence-electron chi connectivity index (χ0n) is 11.3. The summed E-state index contributed by atoms with van der Waals surface area (Å²) in [6.07, 6.45) is 0. The van der Waals surface area contributed by atoms with Gasteiger partial charge in [-0.3, -0.25) is 0 Å². The summed E-state index contributed by atoms with van der Waals surface area (Å²) in [5, 5.41) is 0.257. The summed E-state index contributed by atoms with van der Waals surface area (Å²) in [6, 6.07) is 5.74. The molecule has 0 bridgehead atoms. The van der Waals surface area contributed by atoms with E-state index in [0.29, 0.717) is 5.69 Å². The molecule has 1 aromatic carbocycles. The number of hydrogen-bond acceptors (Lipinski definition) is 6. The molecule has 0 amide bonds. The molecule has 3 N–H and O–H groups in total. The molecule has 9 heteroatoms. The Labute approximate surface area is 127 Å². The van der Waals surface area contributed by atoms with E-state index >= 15 is 0 Å². The second-order valence-electron chi connectivity index (χ2n) is 4.16. The predicted octanol–water partition coefficient (Wildman–Crippen LogP) is 1.83. The van der Waals surface area contributed by atoms with E-state index in [9.17, 15) is 8.42 Å². The Bertz CT molecular complexity index is 780. The van der Waals surface area contributed by atoms with Gasteiger partial charge in [-0.25, -0.2) is 18.1 Å². The number of anilines is 2. The van der Waals surface area contributed by atoms with Crippen LogP contribution in [0.15, 0.2) is 29.2 Å². The maximum absolute atomic E-state index is 12.3. The van der Waals surface area contributed by atoms with E-state index in [1.807, 2.05) is 0 Å². The standard InChI is InChI=1S/C12H13ClN4O3S/c1-7-5-11(20-2)16-12(15-7)17-21(18,19)10-6-8(13)3-4-9(10)14/h3-6H,14H2,1-2H3,(H,15,16,17). The number of aryl methyl sites for hydroxylation is 1. The number of sulfonamides is 1. The van der Waals surface area contributed by atoms with Crippen molar-refractivity contribution in [2.75, 3.05) is 17.6 Å². The fraction of sp³-hybridized carbons (Fsp3) is 0.167. The first-order chi connectivity index (χ1) is 9.81. The molecule has 0 unspecified atom stereocenters. The van der Waals surface area contributed by atoms with Crippen LogP contribution in [0.3, 0.4) is 0 Å². The fourth-order valence-corrected chi connectivity index (χ4v) is 2.94. The van der Waals surface area contributed by atoms with Gasteiger partial charge in [-0.2, -0.15) is 4.98 Å². The van der Waals surface area contributed by atoms with Crippen LogP contribution in [0.5, 0.6) is 5.88 Å². The van der Waals surface area contributed by atoms with Gasteiger partial charge in [0.15, 0.2) is 0 Å². The van der Waals surface area contributed by atoms with Gasteiger partial charge in [0, 0.05) is 16.8 Å². The first kappa shape index (κ1) is 15.3. The monoisotopic (exact) mass is 328 g/mol. The highest BCUT2D eigenvalue weighted by molar-refractivity contribution is 7.92. The Morgan fingerprint density at radius 1 is 1.29 bits per heavy atom. The molecule has 0 spiro atoms. The second-order valence-corrected chi connectivity index (χ2v) is 6.25. The lowest BCUT2D eigenvalue weighted by Gasteiger charge is -2.10. The van der Waals surface area contributed by atoms with E-state index in [-0.39, 0.29) is 27.4 Å². The minimum absolute atomic E-state index is 0.0755. The lowest BCUT2D eigenvalue weighted by Crippen LogP contribution is -2.17. The number of halogens is 1. The van der Waals surface area contributed by atoms with Gasteiger partial charge < -0.3 is 10.5 Å². The molecule has 0 saturated carbocycles. The molecule has 7 nitrogen and oxygen atoms in total. The van der Waals surface area contributed by atoms with Crippen LogP contribution < -0.4 is 15.2 Å². The van der Waals surface area contributed by atoms with Crippen molar-refractivity contribution in [1.82, 2.24) is 9.97 Å². The molecule has 1 heterocycles. The number of methoxy groups -OCH3 is 1. The van der Waals surface area contributed by atoms with Crippen molar-refractivity contribution < 1.29 is 13.2 Å². The zero-order chi connectivity index (χ0) is 15.6. The van der Waals surface area contributed by atoms with E-state index in [4.69, 9.17) is 22.1 Å². The van der Waals surface area contributed by atoms with Gasteiger partial charge in [-0.1, -0.05) is 11.6 Å². The highest BCUT2D eigenvalue weighted by Gasteiger charge is 2.20. The first-order valence-electron chi connectivity index (χ1n) is 5.79. The van der Waals surface area contributed by atoms with Crippen molar-refractivity contribution in [1.29, 1.82) is 0 Å². The third-order valence-corrected chi connectivity index (χ3v) is 4.15. The molecule has 0 aliphatic carbocycles. The molecule has 0 aliphatic rings. The lowest BCUT2D eigenvalue weighted by molar-refractivity contribution is 0.397. The van der Waals surface area contributed by atoms with Crippen LogP contribution in [0.25, 0.3) is 0 Å². The van der Waals surface area contributed by atoms with Crippen LogP contribution in [-0.2, 0) is 10.0 Å². The summed E-state index contributed by atoms with van der Waals surface area (Å²) in [4.78, 5) is 7.77. The number of nitrogens with one attached hydrogen (secondary N) is 1. The van der Waals surface area contributed by atoms with E-state index in [0.717, 1.165) is 0 Å². The normalized spacial score (nSPS) is 11.2. The van der Waals surface area contributed by atoms with E-state index in [2.05, 4.69) is 14.7 Å². The maximum Gasteiger partial charge on any atom is 0.266 e. The number of aromatic nitrogens is 2. The Balaban J connectivity index is 2.42. The van der Waals surface area contributed by atoms with Crippen molar-refractivity contribution in [3.63, 3.8) is 0 Å². The molecular formula is C12H13ClN4O3S. The van der Waals surface area contributed by atoms with Crippen LogP contribution in [0.4, 0.5) is 11.6 Å². The Morgan fingerprint density at radius 2 is 2.00 bits per heavy atom. The first-order valence-corrected chi connectivity index (χ1v) is 7.65. The number of ether oxygens (including phenoxy) is 1. The molecule has 0 saturated heterocycles. The summed E-state index contributed by atoms with van der Waals surface area (Å²) < 4.78 is 31.8. The Kier molecular flexibility index (Phi) is 4.19. The minimum Gasteiger partial charge on any atom is -0.481 e. The summed E-state index contributed by atoms with van der Waals surface area (Å²) >= 11 is 5.80. The topological polar surface area (TPSA) is 107 Å². The average Bonchev–Trinajstić information content (AvgIpc) is 2.40. The van der Waals surface area contributed by atoms with Gasteiger partial charge in [-0.15, -0.1) is 0 Å². The van der Waals surface area contributed by atoms with Gasteiger partial charge in [0.25, 0.3) is 10.0 Å². The van der Waals surface area contributed by atoms with Crippen molar-refractivity contribution in [3.8, 4) is 5.88 Å². The molecule has 0 fully saturated rings. The molecule has 0 aliphatic heterocycles. The molecule has 0 atom stereocenters. The van der Waals surface area contributed by atoms with Gasteiger partial charge in [0.2, 0.25) is 11.8 Å². The molecule has 2 aromatic rings. The second kappa shape index (κ2) is 5.74. The van der Waals surface area contributed by atoms with Crippen LogP contribution in [0.2, 0.25) is 5.02 Å². The van der Waals surface area contributed by atoms with E-state index in [1.165, 1.54) is 25.3 Å². The van der Waals surface area contributed by atoms with Crippen LogP contribution in [-0.4, -0.2) is 25.5 Å². The SMILES string of the molecule is COc1cc(C)nc(NS(=O)(=O)c2cc(Cl)ccc2N)n1. The van der Waals surface area contributed by atoms with Gasteiger partial charge in [0.1, 0.15) is 4.90 Å². The summed E-state index contributed by atoms with van der Waals surface area (Å²) in [6.45, 7) is 1.69. The van der Waals surface area contributed by atoms with Crippen molar-refractivity contribution in [2.24, 2.45) is 0 Å². The number of nitrogens with two attached hydrogens (primary N) is 1. The highest BCUT2D eigenvalue weighted by atomic mass is 35.5. The van der Waals surface area contributed by atoms with E-state index < -0.39 is 10.0 Å². The number of benzene rings is 1. The van der Waals surface area contributed by atoms with Crippen molar-refractivity contribution >= 4 is 33.3 Å². The van der Waals surface area contributed by atoms with Gasteiger partial charge >= 0.3 is 0 Å². The van der Waals surface area contributed by atoms with Crippen molar-refractivity contribution in [3.05, 3.63) is 35.0 Å². The summed E-state index contributed by atoms with van der Waals surface area (Å²) in [5.74, 6) is 0.144. The number of nitrogens with zero attached hydrogens (tertiary/aromatic N) is 2. The van der Waals surface area contributed by atoms with Crippen molar-refractivity contribution in [2.45, 2.75) is 11.8 Å². The molecular weight excluding hydrogens is 316 g/mol. The maximum atomic E-state index is 12.3. The predicted molar refractivity (Wildman–Crippen MR) is 80.0 cm³/mol. The third-order valence-electron chi connectivity index (χ3n) is 2.53. The number of hydrogen-bond donors (Lipinski definition) is 2. The van der Waals surface area contributed by atoms with Crippen LogP contribution in [0, 0.1) is 6.92 Å². The quantitative estimate of drug-likeness (QED) is 0.829. The molecule has 112 valence electrons. The molecule has 0 radical (unpaired) electrons. The minimum atomic E-state index is -3.95. The smallest absolute Gasteiger partial charge is 0.266 e. The van der Waals surface area contributed by atoms with Gasteiger partial charge in [-0.05, 0) is 25.1 Å². The third kappa shape index (κ3) is 3.53. The Hall–Kier alpha value is -2.06. The van der Waals surface area contributed by atoms with Crippen LogP contribution in [0.1, 0.15) is 5.69 Å². The average molecular weight is 329 g/mol. The molecule has 21 heavy (non-hydrogen) atoms. The highest BCUT2D eigenvalue weighted by Crippen LogP contribution is 2.24. The van der Waals surface area contributed by atoms with E-state index in [1.54, 1.807) is 13.0 Å². The Morgan fingerprint density at radius 3 is 2.67 bits per heavy atom. The summed E-state index contributed by atoms with van der Waals surface area (Å²) in [7, 11) is -2.52.